The van der Waals surface area contributed by atoms with Gasteiger partial charge in [0.1, 0.15) is 19.3 Å². The number of likely N-dealkylation sites (N-methyl/N-ethyl adjacent to an activating group) is 1. The van der Waals surface area contributed by atoms with Crippen LogP contribution in [0.25, 0.3) is 0 Å². The third-order valence-corrected chi connectivity index (χ3v) is 16.1. The van der Waals surface area contributed by atoms with E-state index in [1.165, 1.54) is 193 Å². The van der Waals surface area contributed by atoms with Crippen molar-refractivity contribution < 1.29 is 37.3 Å². The Kier molecular flexibility index (Phi) is 58.7. The van der Waals surface area contributed by atoms with Gasteiger partial charge in [-0.25, -0.2) is 4.57 Å². The molecule has 0 spiro atoms. The zero-order valence-electron chi connectivity index (χ0n) is 54.0. The molecule has 0 saturated carbocycles. The number of esters is 1. The van der Waals surface area contributed by atoms with E-state index in [9.17, 15) is 19.0 Å². The summed E-state index contributed by atoms with van der Waals surface area (Å²) in [6, 6.07) is -0.854. The van der Waals surface area contributed by atoms with Gasteiger partial charge in [0.15, 0.2) is 0 Å². The molecule has 10 heteroatoms. The average Bonchev–Trinajstić information content (AvgIpc) is 3.43. The highest BCUT2D eigenvalue weighted by atomic mass is 31.2. The van der Waals surface area contributed by atoms with Gasteiger partial charge < -0.3 is 19.4 Å². The van der Waals surface area contributed by atoms with Crippen LogP contribution in [0.4, 0.5) is 0 Å². The van der Waals surface area contributed by atoms with Gasteiger partial charge in [0.2, 0.25) is 5.91 Å². The molecule has 0 aliphatic rings. The molecule has 0 radical (unpaired) electrons. The first-order chi connectivity index (χ1) is 39.4. The number of rotatable bonds is 62. The normalized spacial score (nSPS) is 14.0. The SMILES string of the molecule is CCCCC/C=C\C/C=C\C/C=C\CCCCCCCCCCCCCCCCC(=O)NC(COP(=O)(O)OCC[N+](C)(C)C)C(/C=C\CCCCCCCCCCC)OC(=O)CCCCCCCCC/C=C\C/C=C\CCCCC. The highest BCUT2D eigenvalue weighted by Crippen LogP contribution is 2.43. The number of ether oxygens (including phenoxy) is 1. The van der Waals surface area contributed by atoms with Crippen LogP contribution in [0.2, 0.25) is 0 Å². The van der Waals surface area contributed by atoms with E-state index in [4.69, 9.17) is 13.8 Å². The molecule has 0 fully saturated rings. The largest absolute Gasteiger partial charge is 0.472 e. The van der Waals surface area contributed by atoms with E-state index in [-0.39, 0.29) is 31.5 Å². The second-order valence-corrected chi connectivity index (χ2v) is 25.8. The zero-order chi connectivity index (χ0) is 59.3. The van der Waals surface area contributed by atoms with E-state index in [1.807, 2.05) is 33.3 Å². The first-order valence-corrected chi connectivity index (χ1v) is 35.8. The van der Waals surface area contributed by atoms with Crippen LogP contribution < -0.4 is 5.32 Å². The highest BCUT2D eigenvalue weighted by molar-refractivity contribution is 7.47. The Morgan fingerprint density at radius 2 is 0.753 bits per heavy atom. The van der Waals surface area contributed by atoms with Gasteiger partial charge >= 0.3 is 13.8 Å². The summed E-state index contributed by atoms with van der Waals surface area (Å²) in [5, 5.41) is 3.06. The number of phosphoric acid groups is 1. The Morgan fingerprint density at radius 1 is 0.432 bits per heavy atom. The maximum absolute atomic E-state index is 13.6. The summed E-state index contributed by atoms with van der Waals surface area (Å²) in [4.78, 5) is 37.8. The van der Waals surface area contributed by atoms with Crippen molar-refractivity contribution in [3.8, 4) is 0 Å². The summed E-state index contributed by atoms with van der Waals surface area (Å²) < 4.78 is 30.8. The summed E-state index contributed by atoms with van der Waals surface area (Å²) in [5.41, 5.74) is 0. The van der Waals surface area contributed by atoms with Gasteiger partial charge in [-0.1, -0.05) is 274 Å². The number of hydrogen-bond donors (Lipinski definition) is 2. The maximum atomic E-state index is 13.6. The molecule has 0 aromatic carbocycles. The van der Waals surface area contributed by atoms with Crippen molar-refractivity contribution in [3.63, 3.8) is 0 Å². The van der Waals surface area contributed by atoms with Gasteiger partial charge in [-0.05, 0) is 102 Å². The maximum Gasteiger partial charge on any atom is 0.472 e. The molecule has 3 unspecified atom stereocenters. The van der Waals surface area contributed by atoms with Crippen LogP contribution in [0.3, 0.4) is 0 Å². The van der Waals surface area contributed by atoms with Crippen LogP contribution in [0.15, 0.2) is 72.9 Å². The van der Waals surface area contributed by atoms with Crippen LogP contribution in [0, 0.1) is 0 Å². The lowest BCUT2D eigenvalue weighted by atomic mass is 10.0. The fourth-order valence-corrected chi connectivity index (χ4v) is 10.5. The van der Waals surface area contributed by atoms with Crippen molar-refractivity contribution in [2.45, 2.75) is 328 Å². The molecule has 1 amide bonds. The summed E-state index contributed by atoms with van der Waals surface area (Å²) >= 11 is 0. The van der Waals surface area contributed by atoms with E-state index < -0.39 is 20.0 Å². The smallest absolute Gasteiger partial charge is 0.456 e. The standard InChI is InChI=1S/C71H131N2O7P/c1-7-10-13-16-19-22-25-27-29-31-32-33-34-35-36-37-38-39-40-42-43-45-48-51-54-57-60-63-70(74)72-68(67-79-81(76,77)78-66-65-73(4,5)6)69(62-59-56-53-50-47-24-21-18-15-12-9-3)80-71(75)64-61-58-55-52-49-46-44-41-30-28-26-23-20-17-14-11-8-2/h19-20,22-23,27-30,32-33,59,62,68-69H,7-18,21,24-26,31,34-58,60-61,63-67H2,1-6H3,(H-,72,74,76,77)/p+1/b22-19-,23-20-,29-27-,30-28-,33-32-,62-59-. The summed E-state index contributed by atoms with van der Waals surface area (Å²) in [6.07, 6.45) is 79.1. The molecular formula is C71H132N2O7P+. The number of carbonyl (C=O) groups is 2. The molecule has 0 saturated heterocycles. The van der Waals surface area contributed by atoms with Crippen molar-refractivity contribution in [3.05, 3.63) is 72.9 Å². The van der Waals surface area contributed by atoms with Gasteiger partial charge in [-0.2, -0.15) is 0 Å². The van der Waals surface area contributed by atoms with Crippen molar-refractivity contribution >= 4 is 19.7 Å². The number of amides is 1. The van der Waals surface area contributed by atoms with Gasteiger partial charge in [0.25, 0.3) is 0 Å². The minimum atomic E-state index is -4.45. The second-order valence-electron chi connectivity index (χ2n) is 24.3. The van der Waals surface area contributed by atoms with Gasteiger partial charge in [-0.15, -0.1) is 0 Å². The second kappa shape index (κ2) is 60.6. The number of carbonyl (C=O) groups excluding carboxylic acids is 2. The number of nitrogens with zero attached hydrogens (tertiary/aromatic N) is 1. The minimum absolute atomic E-state index is 0.0376. The first kappa shape index (κ1) is 78.5. The molecule has 0 aromatic heterocycles. The Labute approximate surface area is 502 Å². The third kappa shape index (κ3) is 61.8. The van der Waals surface area contributed by atoms with Gasteiger partial charge in [-0.3, -0.25) is 18.6 Å². The zero-order valence-corrected chi connectivity index (χ0v) is 54.9. The fraction of sp³-hybridized carbons (Fsp3) is 0.803. The molecule has 0 heterocycles. The van der Waals surface area contributed by atoms with E-state index in [1.54, 1.807) is 0 Å². The van der Waals surface area contributed by atoms with Crippen LogP contribution in [0.1, 0.15) is 316 Å². The lowest BCUT2D eigenvalue weighted by Gasteiger charge is -2.27. The molecule has 81 heavy (non-hydrogen) atoms. The molecule has 0 rings (SSSR count). The molecular weight excluding hydrogens is 1020 g/mol. The van der Waals surface area contributed by atoms with Gasteiger partial charge in [0, 0.05) is 12.8 Å². The summed E-state index contributed by atoms with van der Waals surface area (Å²) in [7, 11) is 1.49. The molecule has 0 bridgehead atoms. The van der Waals surface area contributed by atoms with Crippen LogP contribution in [-0.2, 0) is 27.9 Å². The summed E-state index contributed by atoms with van der Waals surface area (Å²) in [5.74, 6) is -0.508. The molecule has 3 atom stereocenters. The molecule has 9 nitrogen and oxygen atoms in total. The molecule has 0 aromatic rings. The fourth-order valence-electron chi connectivity index (χ4n) is 9.80. The Hall–Kier alpha value is -2.55. The van der Waals surface area contributed by atoms with E-state index in [2.05, 4.69) is 86.8 Å². The van der Waals surface area contributed by atoms with Crippen LogP contribution in [0.5, 0.6) is 0 Å². The van der Waals surface area contributed by atoms with Crippen molar-refractivity contribution in [1.29, 1.82) is 0 Å². The van der Waals surface area contributed by atoms with Crippen LogP contribution in [-0.4, -0.2) is 74.3 Å². The number of quaternary nitrogens is 1. The topological polar surface area (TPSA) is 111 Å². The monoisotopic (exact) mass is 1160 g/mol. The number of allylic oxidation sites excluding steroid dienone is 11. The lowest BCUT2D eigenvalue weighted by Crippen LogP contribution is -2.47. The molecule has 0 aliphatic carbocycles. The lowest BCUT2D eigenvalue weighted by molar-refractivity contribution is -0.870. The third-order valence-electron chi connectivity index (χ3n) is 15.1. The van der Waals surface area contributed by atoms with Crippen molar-refractivity contribution in [2.24, 2.45) is 0 Å². The van der Waals surface area contributed by atoms with E-state index >= 15 is 0 Å². The average molecular weight is 1160 g/mol. The molecule has 2 N–H and O–H groups in total. The van der Waals surface area contributed by atoms with Crippen molar-refractivity contribution in [1.82, 2.24) is 5.32 Å². The predicted octanol–water partition coefficient (Wildman–Crippen LogP) is 21.6. The molecule has 0 aliphatic heterocycles. The summed E-state index contributed by atoms with van der Waals surface area (Å²) in [6.45, 7) is 6.97. The van der Waals surface area contributed by atoms with Crippen molar-refractivity contribution in [2.75, 3.05) is 40.9 Å². The number of nitrogens with one attached hydrogen (secondary N) is 1. The number of phosphoric ester groups is 1. The minimum Gasteiger partial charge on any atom is -0.456 e. The Morgan fingerprint density at radius 3 is 1.15 bits per heavy atom. The number of unbranched alkanes of at least 4 members (excludes halogenated alkanes) is 36. The highest BCUT2D eigenvalue weighted by Gasteiger charge is 2.30. The van der Waals surface area contributed by atoms with E-state index in [0.29, 0.717) is 17.4 Å². The predicted molar refractivity (Wildman–Crippen MR) is 351 cm³/mol. The van der Waals surface area contributed by atoms with Gasteiger partial charge in [0.05, 0.1) is 33.8 Å². The number of hydrogen-bond acceptors (Lipinski definition) is 6. The first-order valence-electron chi connectivity index (χ1n) is 34.3. The molecule has 472 valence electrons. The Bertz CT molecular complexity index is 1620. The van der Waals surface area contributed by atoms with Crippen LogP contribution >= 0.6 is 7.82 Å². The quantitative estimate of drug-likeness (QED) is 0.0205. The Balaban J connectivity index is 5.01. The van der Waals surface area contributed by atoms with E-state index in [0.717, 1.165) is 89.9 Å².